The maximum Gasteiger partial charge on any atom is 0.339 e. The summed E-state index contributed by atoms with van der Waals surface area (Å²) in [7, 11) is 0. The monoisotopic (exact) mass is 358 g/mol. The zero-order valence-corrected chi connectivity index (χ0v) is 15.3. The van der Waals surface area contributed by atoms with E-state index in [4.69, 9.17) is 27.0 Å². The Kier molecular flexibility index (Phi) is 8.79. The van der Waals surface area contributed by atoms with Gasteiger partial charge in [0.15, 0.2) is 0 Å². The second-order valence-electron chi connectivity index (χ2n) is 5.86. The maximum absolute atomic E-state index is 11.4. The highest BCUT2D eigenvalue weighted by Gasteiger charge is 2.13. The van der Waals surface area contributed by atoms with E-state index in [1.54, 1.807) is 26.0 Å². The van der Waals surface area contributed by atoms with E-state index in [2.05, 4.69) is 5.92 Å². The van der Waals surface area contributed by atoms with Crippen LogP contribution in [0.1, 0.15) is 49.9 Å². The number of carboxylic acids is 1. The molecule has 0 radical (unpaired) electrons. The first kappa shape index (κ1) is 21.1. The molecule has 0 unspecified atom stereocenters. The molecule has 0 bridgehead atoms. The summed E-state index contributed by atoms with van der Waals surface area (Å²) in [6.45, 7) is 4.23. The van der Waals surface area contributed by atoms with Gasteiger partial charge in [0.05, 0.1) is 13.2 Å². The van der Waals surface area contributed by atoms with Crippen molar-refractivity contribution in [2.45, 2.75) is 39.5 Å². The van der Waals surface area contributed by atoms with Crippen molar-refractivity contribution in [3.8, 4) is 23.8 Å². The summed E-state index contributed by atoms with van der Waals surface area (Å²) in [5, 5.41) is 17.0. The Hall–Kier alpha value is -2.94. The molecule has 0 aliphatic carbocycles. The Morgan fingerprint density at radius 1 is 1.27 bits per heavy atom. The van der Waals surface area contributed by atoms with E-state index in [0.29, 0.717) is 61.8 Å². The lowest BCUT2D eigenvalue weighted by atomic mass is 10.0. The molecule has 0 saturated carbocycles. The van der Waals surface area contributed by atoms with Gasteiger partial charge in [-0.15, -0.1) is 12.3 Å². The topological polar surface area (TPSA) is 106 Å². The quantitative estimate of drug-likeness (QED) is 0.318. The van der Waals surface area contributed by atoms with Gasteiger partial charge in [0.2, 0.25) is 0 Å². The molecule has 1 aromatic rings. The first-order valence-electron chi connectivity index (χ1n) is 8.44. The van der Waals surface area contributed by atoms with E-state index in [0.717, 1.165) is 5.57 Å². The number of unbranched alkanes of at least 4 members (excludes halogenated alkanes) is 1. The highest BCUT2D eigenvalue weighted by Crippen LogP contribution is 2.25. The van der Waals surface area contributed by atoms with Crippen LogP contribution in [-0.2, 0) is 0 Å². The Morgan fingerprint density at radius 2 is 1.96 bits per heavy atom. The fourth-order valence-corrected chi connectivity index (χ4v) is 2.37. The molecule has 0 aliphatic rings. The first-order chi connectivity index (χ1) is 12.4. The number of allylic oxidation sites excluding steroid dienone is 2. The molecule has 1 rings (SSSR count). The number of nitrogens with one attached hydrogen (secondary N) is 1. The van der Waals surface area contributed by atoms with Crippen molar-refractivity contribution in [1.29, 1.82) is 5.41 Å². The van der Waals surface area contributed by atoms with Gasteiger partial charge in [-0.05, 0) is 56.9 Å². The zero-order chi connectivity index (χ0) is 19.5. The van der Waals surface area contributed by atoms with Crippen LogP contribution in [0.3, 0.4) is 0 Å². The normalized spacial score (nSPS) is 11.3. The number of hydrogen-bond donors (Lipinski definition) is 3. The van der Waals surface area contributed by atoms with E-state index in [1.807, 2.05) is 0 Å². The van der Waals surface area contributed by atoms with Gasteiger partial charge in [-0.3, -0.25) is 0 Å². The second kappa shape index (κ2) is 10.8. The SMILES string of the molecule is C#CCCCOc1ccc(OCCC/C(C(C)=N)=C(\C)N)cc1C(=O)O. The van der Waals surface area contributed by atoms with Crippen LogP contribution in [0, 0.1) is 17.8 Å². The van der Waals surface area contributed by atoms with Crippen molar-refractivity contribution in [2.24, 2.45) is 5.73 Å². The minimum atomic E-state index is -1.08. The van der Waals surface area contributed by atoms with E-state index in [-0.39, 0.29) is 5.56 Å². The Morgan fingerprint density at radius 3 is 2.54 bits per heavy atom. The predicted molar refractivity (Wildman–Crippen MR) is 102 cm³/mol. The van der Waals surface area contributed by atoms with Gasteiger partial charge >= 0.3 is 5.97 Å². The number of nitrogens with two attached hydrogens (primary N) is 1. The molecule has 6 heteroatoms. The molecule has 1 aromatic carbocycles. The Balaban J connectivity index is 2.64. The minimum absolute atomic E-state index is 0.0527. The molecule has 6 nitrogen and oxygen atoms in total. The van der Waals surface area contributed by atoms with Crippen LogP contribution in [0.4, 0.5) is 0 Å². The van der Waals surface area contributed by atoms with Gasteiger partial charge in [-0.1, -0.05) is 0 Å². The number of aromatic carboxylic acids is 1. The number of terminal acetylenes is 1. The predicted octanol–water partition coefficient (Wildman–Crippen LogP) is 3.61. The largest absolute Gasteiger partial charge is 0.494 e. The van der Waals surface area contributed by atoms with E-state index < -0.39 is 5.97 Å². The highest BCUT2D eigenvalue weighted by molar-refractivity contribution is 5.96. The number of rotatable bonds is 11. The molecular weight excluding hydrogens is 332 g/mol. The average molecular weight is 358 g/mol. The first-order valence-corrected chi connectivity index (χ1v) is 8.44. The van der Waals surface area contributed by atoms with Gasteiger partial charge in [-0.2, -0.15) is 0 Å². The number of ether oxygens (including phenoxy) is 2. The summed E-state index contributed by atoms with van der Waals surface area (Å²) in [6, 6.07) is 4.72. The lowest BCUT2D eigenvalue weighted by molar-refractivity contribution is 0.0691. The van der Waals surface area contributed by atoms with E-state index >= 15 is 0 Å². The van der Waals surface area contributed by atoms with Gasteiger partial charge < -0.3 is 25.7 Å². The number of hydrogen-bond acceptors (Lipinski definition) is 5. The van der Waals surface area contributed by atoms with Crippen molar-refractivity contribution < 1.29 is 19.4 Å². The van der Waals surface area contributed by atoms with Crippen molar-refractivity contribution in [3.05, 3.63) is 35.0 Å². The second-order valence-corrected chi connectivity index (χ2v) is 5.86. The molecule has 140 valence electrons. The van der Waals surface area contributed by atoms with Crippen LogP contribution in [0.15, 0.2) is 29.5 Å². The van der Waals surface area contributed by atoms with Crippen LogP contribution in [0.5, 0.6) is 11.5 Å². The molecule has 0 aromatic heterocycles. The van der Waals surface area contributed by atoms with E-state index in [9.17, 15) is 9.90 Å². The third kappa shape index (κ3) is 6.89. The minimum Gasteiger partial charge on any atom is -0.494 e. The third-order valence-electron chi connectivity index (χ3n) is 3.67. The van der Waals surface area contributed by atoms with Crippen LogP contribution in [-0.4, -0.2) is 30.0 Å². The molecule has 0 fully saturated rings. The van der Waals surface area contributed by atoms with Crippen molar-refractivity contribution in [2.75, 3.05) is 13.2 Å². The third-order valence-corrected chi connectivity index (χ3v) is 3.67. The lowest BCUT2D eigenvalue weighted by Gasteiger charge is -2.12. The smallest absolute Gasteiger partial charge is 0.339 e. The fourth-order valence-electron chi connectivity index (χ4n) is 2.37. The van der Waals surface area contributed by atoms with Crippen LogP contribution in [0.2, 0.25) is 0 Å². The fraction of sp³-hybridized carbons (Fsp3) is 0.400. The highest BCUT2D eigenvalue weighted by atomic mass is 16.5. The van der Waals surface area contributed by atoms with Crippen molar-refractivity contribution in [1.82, 2.24) is 0 Å². The van der Waals surface area contributed by atoms with Gasteiger partial charge in [0.25, 0.3) is 0 Å². The molecule has 0 amide bonds. The molecule has 0 atom stereocenters. The van der Waals surface area contributed by atoms with Crippen molar-refractivity contribution >= 4 is 11.7 Å². The molecule has 0 spiro atoms. The molecule has 0 heterocycles. The van der Waals surface area contributed by atoms with Crippen molar-refractivity contribution in [3.63, 3.8) is 0 Å². The molecule has 26 heavy (non-hydrogen) atoms. The summed E-state index contributed by atoms with van der Waals surface area (Å²) in [5.74, 6) is 2.19. The van der Waals surface area contributed by atoms with E-state index in [1.165, 1.54) is 6.07 Å². The number of benzene rings is 1. The molecule has 0 aliphatic heterocycles. The van der Waals surface area contributed by atoms with Gasteiger partial charge in [-0.25, -0.2) is 4.79 Å². The molecule has 0 saturated heterocycles. The molecular formula is C20H26N2O4. The van der Waals surface area contributed by atoms with Gasteiger partial charge in [0.1, 0.15) is 17.1 Å². The van der Waals surface area contributed by atoms with Crippen LogP contribution < -0.4 is 15.2 Å². The van der Waals surface area contributed by atoms with Crippen LogP contribution >= 0.6 is 0 Å². The summed E-state index contributed by atoms with van der Waals surface area (Å²) < 4.78 is 11.1. The number of carboxylic acid groups (broad SMARTS) is 1. The average Bonchev–Trinajstić information content (AvgIpc) is 2.58. The summed E-state index contributed by atoms with van der Waals surface area (Å²) >= 11 is 0. The Labute approximate surface area is 154 Å². The summed E-state index contributed by atoms with van der Waals surface area (Å²) in [4.78, 5) is 11.4. The standard InChI is InChI=1S/C20H26N2O4/c1-4-5-6-11-26-19-10-9-16(13-18(19)20(23)24)25-12-7-8-17(14(2)21)15(3)22/h1,9-10,13,21H,5-8,11-12,22H2,2-3H3,(H,23,24)/b17-15-,21-14?. The zero-order valence-electron chi connectivity index (χ0n) is 15.3. The van der Waals surface area contributed by atoms with Gasteiger partial charge in [0, 0.05) is 17.8 Å². The number of carbonyl (C=O) groups is 1. The lowest BCUT2D eigenvalue weighted by Crippen LogP contribution is -2.08. The summed E-state index contributed by atoms with van der Waals surface area (Å²) in [5.41, 5.74) is 7.72. The summed E-state index contributed by atoms with van der Waals surface area (Å²) in [6.07, 6.45) is 7.73. The maximum atomic E-state index is 11.4. The van der Waals surface area contributed by atoms with Crippen LogP contribution in [0.25, 0.3) is 0 Å². The molecule has 4 N–H and O–H groups in total. The Bertz CT molecular complexity index is 713.